The zero-order valence-corrected chi connectivity index (χ0v) is 12.3. The topological polar surface area (TPSA) is 69.1 Å². The second-order valence-electron chi connectivity index (χ2n) is 5.77. The lowest BCUT2D eigenvalue weighted by Crippen LogP contribution is -2.11. The Bertz CT molecular complexity index is 393. The third kappa shape index (κ3) is 4.78. The van der Waals surface area contributed by atoms with Crippen LogP contribution in [0.1, 0.15) is 62.3 Å². The molecule has 0 spiro atoms. The molecule has 1 heterocycles. The van der Waals surface area contributed by atoms with E-state index in [4.69, 9.17) is 11.5 Å². The monoisotopic (exact) mass is 268 g/mol. The van der Waals surface area contributed by atoms with Crippen molar-refractivity contribution in [1.82, 2.24) is 0 Å². The van der Waals surface area contributed by atoms with Crippen molar-refractivity contribution in [2.75, 3.05) is 0 Å². The lowest BCUT2D eigenvalue weighted by atomic mass is 9.95. The highest BCUT2D eigenvalue weighted by molar-refractivity contribution is 7.12. The predicted molar refractivity (Wildman–Crippen MR) is 77.6 cm³/mol. The maximum atomic E-state index is 10.6. The highest BCUT2D eigenvalue weighted by Gasteiger charge is 2.18. The molecule has 0 saturated heterocycles. The van der Waals surface area contributed by atoms with Gasteiger partial charge in [0.15, 0.2) is 0 Å². The molecule has 0 aliphatic carbocycles. The van der Waals surface area contributed by atoms with Gasteiger partial charge in [0.25, 0.3) is 0 Å². The lowest BCUT2D eigenvalue weighted by Gasteiger charge is -2.15. The summed E-state index contributed by atoms with van der Waals surface area (Å²) in [5.74, 6) is -0.227. The van der Waals surface area contributed by atoms with Crippen LogP contribution in [0, 0.1) is 0 Å². The quantitative estimate of drug-likeness (QED) is 0.778. The molecule has 3 nitrogen and oxygen atoms in total. The van der Waals surface area contributed by atoms with Gasteiger partial charge in [0, 0.05) is 22.2 Å². The summed E-state index contributed by atoms with van der Waals surface area (Å²) in [5, 5.41) is 0. The van der Waals surface area contributed by atoms with Crippen molar-refractivity contribution in [3.05, 3.63) is 21.9 Å². The number of carbonyl (C=O) groups is 1. The summed E-state index contributed by atoms with van der Waals surface area (Å²) >= 11 is 1.80. The first-order valence-corrected chi connectivity index (χ1v) is 7.26. The van der Waals surface area contributed by atoms with Crippen molar-refractivity contribution < 1.29 is 4.79 Å². The minimum Gasteiger partial charge on any atom is -0.370 e. The largest absolute Gasteiger partial charge is 0.370 e. The van der Waals surface area contributed by atoms with Gasteiger partial charge >= 0.3 is 0 Å². The number of rotatable bonds is 6. The van der Waals surface area contributed by atoms with E-state index >= 15 is 0 Å². The van der Waals surface area contributed by atoms with E-state index < -0.39 is 0 Å². The first-order valence-electron chi connectivity index (χ1n) is 6.45. The molecule has 0 saturated carbocycles. The first-order chi connectivity index (χ1) is 8.30. The van der Waals surface area contributed by atoms with Crippen LogP contribution in [-0.2, 0) is 10.2 Å². The summed E-state index contributed by atoms with van der Waals surface area (Å²) in [7, 11) is 0. The maximum absolute atomic E-state index is 10.6. The second-order valence-corrected chi connectivity index (χ2v) is 6.89. The summed E-state index contributed by atoms with van der Waals surface area (Å²) in [6.07, 6.45) is 3.16. The number of thiophene rings is 1. The maximum Gasteiger partial charge on any atom is 0.217 e. The first kappa shape index (κ1) is 15.2. The fourth-order valence-corrected chi connectivity index (χ4v) is 2.86. The number of amides is 1. The van der Waals surface area contributed by atoms with Crippen molar-refractivity contribution in [1.29, 1.82) is 0 Å². The molecule has 1 atom stereocenters. The van der Waals surface area contributed by atoms with E-state index in [-0.39, 0.29) is 17.4 Å². The summed E-state index contributed by atoms with van der Waals surface area (Å²) < 4.78 is 0. The van der Waals surface area contributed by atoms with Crippen molar-refractivity contribution in [2.45, 2.75) is 57.9 Å². The minimum absolute atomic E-state index is 0.0824. The molecule has 1 rings (SSSR count). The van der Waals surface area contributed by atoms with Crippen LogP contribution in [0.15, 0.2) is 12.1 Å². The van der Waals surface area contributed by atoms with Gasteiger partial charge in [0.05, 0.1) is 0 Å². The molecule has 1 amide bonds. The third-order valence-electron chi connectivity index (χ3n) is 2.92. The van der Waals surface area contributed by atoms with Crippen molar-refractivity contribution in [2.24, 2.45) is 11.5 Å². The Kier molecular flexibility index (Phi) is 5.35. The van der Waals surface area contributed by atoms with Crippen LogP contribution in [0.3, 0.4) is 0 Å². The number of primary amides is 1. The molecule has 0 aliphatic rings. The molecule has 0 fully saturated rings. The molecule has 0 radical (unpaired) electrons. The number of nitrogens with two attached hydrogens (primary N) is 2. The third-order valence-corrected chi connectivity index (χ3v) is 4.56. The molecule has 0 bridgehead atoms. The molecule has 4 N–H and O–H groups in total. The van der Waals surface area contributed by atoms with Crippen molar-refractivity contribution in [3.8, 4) is 0 Å². The van der Waals surface area contributed by atoms with E-state index in [1.807, 2.05) is 0 Å². The lowest BCUT2D eigenvalue weighted by molar-refractivity contribution is -0.118. The fourth-order valence-electron chi connectivity index (χ4n) is 1.76. The van der Waals surface area contributed by atoms with Gasteiger partial charge in [-0.2, -0.15) is 0 Å². The SMILES string of the molecule is CC(C)(C)c1ccc(C(N)CCCCC(N)=O)s1. The van der Waals surface area contributed by atoms with E-state index in [0.29, 0.717) is 6.42 Å². The van der Waals surface area contributed by atoms with Crippen LogP contribution < -0.4 is 11.5 Å². The highest BCUT2D eigenvalue weighted by atomic mass is 32.1. The van der Waals surface area contributed by atoms with Gasteiger partial charge in [-0.3, -0.25) is 4.79 Å². The number of unbranched alkanes of at least 4 members (excludes halogenated alkanes) is 1. The molecular formula is C14H24N2OS. The Hall–Kier alpha value is -0.870. The van der Waals surface area contributed by atoms with Crippen LogP contribution in [0.25, 0.3) is 0 Å². The average molecular weight is 268 g/mol. The molecular weight excluding hydrogens is 244 g/mol. The normalized spacial score (nSPS) is 13.6. The van der Waals surface area contributed by atoms with E-state index in [0.717, 1.165) is 19.3 Å². The van der Waals surface area contributed by atoms with E-state index in [1.165, 1.54) is 9.75 Å². The van der Waals surface area contributed by atoms with Crippen molar-refractivity contribution >= 4 is 17.2 Å². The van der Waals surface area contributed by atoms with E-state index in [2.05, 4.69) is 32.9 Å². The van der Waals surface area contributed by atoms with Gasteiger partial charge < -0.3 is 11.5 Å². The molecule has 4 heteroatoms. The van der Waals surface area contributed by atoms with Gasteiger partial charge in [-0.15, -0.1) is 11.3 Å². The zero-order chi connectivity index (χ0) is 13.8. The zero-order valence-electron chi connectivity index (χ0n) is 11.5. The molecule has 1 aromatic heterocycles. The number of carbonyl (C=O) groups excluding carboxylic acids is 1. The average Bonchev–Trinajstić information content (AvgIpc) is 2.72. The van der Waals surface area contributed by atoms with Crippen LogP contribution in [0.2, 0.25) is 0 Å². The highest BCUT2D eigenvalue weighted by Crippen LogP contribution is 2.32. The smallest absolute Gasteiger partial charge is 0.217 e. The Labute approximate surface area is 114 Å². The number of hydrogen-bond acceptors (Lipinski definition) is 3. The van der Waals surface area contributed by atoms with E-state index in [9.17, 15) is 4.79 Å². The molecule has 1 unspecified atom stereocenters. The Morgan fingerprint density at radius 2 is 2.00 bits per heavy atom. The van der Waals surface area contributed by atoms with Crippen LogP contribution in [0.5, 0.6) is 0 Å². The second kappa shape index (κ2) is 6.34. The summed E-state index contributed by atoms with van der Waals surface area (Å²) in [5.41, 5.74) is 11.5. The summed E-state index contributed by atoms with van der Waals surface area (Å²) in [4.78, 5) is 13.2. The van der Waals surface area contributed by atoms with Crippen molar-refractivity contribution in [3.63, 3.8) is 0 Å². The van der Waals surface area contributed by atoms with Gasteiger partial charge in [-0.05, 0) is 30.4 Å². The Morgan fingerprint density at radius 3 is 2.50 bits per heavy atom. The summed E-state index contributed by atoms with van der Waals surface area (Å²) in [6.45, 7) is 6.63. The van der Waals surface area contributed by atoms with Crippen LogP contribution in [0.4, 0.5) is 0 Å². The predicted octanol–water partition coefficient (Wildman–Crippen LogP) is 3.09. The van der Waals surface area contributed by atoms with Crippen LogP contribution in [-0.4, -0.2) is 5.91 Å². The van der Waals surface area contributed by atoms with Gasteiger partial charge in [-0.1, -0.05) is 27.2 Å². The van der Waals surface area contributed by atoms with Gasteiger partial charge in [0.2, 0.25) is 5.91 Å². The number of hydrogen-bond donors (Lipinski definition) is 2. The van der Waals surface area contributed by atoms with Crippen LogP contribution >= 0.6 is 11.3 Å². The standard InChI is InChI=1S/C14H24N2OS/c1-14(2,3)12-9-8-11(18-12)10(15)6-4-5-7-13(16)17/h8-10H,4-7,15H2,1-3H3,(H2,16,17). The summed E-state index contributed by atoms with van der Waals surface area (Å²) in [6, 6.07) is 4.38. The molecule has 18 heavy (non-hydrogen) atoms. The fraction of sp³-hybridized carbons (Fsp3) is 0.643. The van der Waals surface area contributed by atoms with Gasteiger partial charge in [0.1, 0.15) is 0 Å². The Morgan fingerprint density at radius 1 is 1.33 bits per heavy atom. The van der Waals surface area contributed by atoms with Gasteiger partial charge in [-0.25, -0.2) is 0 Å². The molecule has 1 aromatic rings. The molecule has 0 aliphatic heterocycles. The Balaban J connectivity index is 2.44. The molecule has 102 valence electrons. The molecule has 0 aromatic carbocycles. The minimum atomic E-state index is -0.227. The van der Waals surface area contributed by atoms with E-state index in [1.54, 1.807) is 11.3 Å².